The van der Waals surface area contributed by atoms with Gasteiger partial charge in [-0.25, -0.2) is 0 Å². The number of aryl methyl sites for hydroxylation is 1. The Hall–Kier alpha value is -1.22. The van der Waals surface area contributed by atoms with Crippen molar-refractivity contribution in [2.45, 2.75) is 32.2 Å². The average molecular weight is 220 g/mol. The van der Waals surface area contributed by atoms with Gasteiger partial charge in [0.1, 0.15) is 0 Å². The van der Waals surface area contributed by atoms with Crippen LogP contribution in [0.2, 0.25) is 0 Å². The van der Waals surface area contributed by atoms with Gasteiger partial charge in [0.15, 0.2) is 0 Å². The molecular weight excluding hydrogens is 200 g/mol. The lowest BCUT2D eigenvalue weighted by Crippen LogP contribution is -2.40. The average Bonchev–Trinajstić information content (AvgIpc) is 2.24. The van der Waals surface area contributed by atoms with Crippen LogP contribution in [0.1, 0.15) is 25.3 Å². The van der Waals surface area contributed by atoms with Crippen LogP contribution in [-0.4, -0.2) is 18.8 Å². The van der Waals surface area contributed by atoms with Crippen molar-refractivity contribution in [2.24, 2.45) is 0 Å². The van der Waals surface area contributed by atoms with Crippen molar-refractivity contribution in [3.05, 3.63) is 23.8 Å². The molecule has 1 heterocycles. The summed E-state index contributed by atoms with van der Waals surface area (Å²) in [5.41, 5.74) is 9.09. The minimum Gasteiger partial charge on any atom is -0.399 e. The minimum absolute atomic E-state index is 0.154. The van der Waals surface area contributed by atoms with Crippen molar-refractivity contribution in [3.8, 4) is 0 Å². The molecule has 1 aromatic carbocycles. The summed E-state index contributed by atoms with van der Waals surface area (Å²) < 4.78 is 5.39. The summed E-state index contributed by atoms with van der Waals surface area (Å²) in [6.07, 6.45) is 2.10. The maximum atomic E-state index is 5.81. The van der Waals surface area contributed by atoms with E-state index in [1.807, 2.05) is 19.1 Å². The molecule has 2 rings (SSSR count). The Bertz CT molecular complexity index is 370. The lowest BCUT2D eigenvalue weighted by molar-refractivity contribution is 0.0658. The normalized spacial score (nSPS) is 19.4. The van der Waals surface area contributed by atoms with Crippen LogP contribution < -0.4 is 11.1 Å². The molecule has 1 fully saturated rings. The molecule has 0 atom stereocenters. The van der Waals surface area contributed by atoms with E-state index in [-0.39, 0.29) is 5.54 Å². The van der Waals surface area contributed by atoms with E-state index in [9.17, 15) is 0 Å². The summed E-state index contributed by atoms with van der Waals surface area (Å²) in [5, 5.41) is 3.59. The van der Waals surface area contributed by atoms with E-state index in [2.05, 4.69) is 18.3 Å². The molecule has 0 aliphatic carbocycles. The van der Waals surface area contributed by atoms with Gasteiger partial charge in [0.2, 0.25) is 0 Å². The van der Waals surface area contributed by atoms with Crippen molar-refractivity contribution in [1.29, 1.82) is 0 Å². The number of nitrogens with one attached hydrogen (secondary N) is 1. The number of anilines is 2. The van der Waals surface area contributed by atoms with E-state index in [0.717, 1.165) is 43.0 Å². The third-order valence-corrected chi connectivity index (χ3v) is 3.31. The fraction of sp³-hybridized carbons (Fsp3) is 0.538. The molecule has 88 valence electrons. The minimum atomic E-state index is 0.154. The van der Waals surface area contributed by atoms with E-state index in [1.165, 1.54) is 0 Å². The first-order chi connectivity index (χ1) is 7.59. The van der Waals surface area contributed by atoms with Gasteiger partial charge in [-0.1, -0.05) is 0 Å². The summed E-state index contributed by atoms with van der Waals surface area (Å²) in [4.78, 5) is 0. The molecule has 1 aliphatic heterocycles. The van der Waals surface area contributed by atoms with Gasteiger partial charge >= 0.3 is 0 Å². The third-order valence-electron chi connectivity index (χ3n) is 3.31. The summed E-state index contributed by atoms with van der Waals surface area (Å²) in [7, 11) is 0. The quantitative estimate of drug-likeness (QED) is 0.753. The smallest absolute Gasteiger partial charge is 0.0488 e. The molecule has 3 nitrogen and oxygen atoms in total. The first-order valence-electron chi connectivity index (χ1n) is 5.81. The van der Waals surface area contributed by atoms with Crippen LogP contribution in [0.3, 0.4) is 0 Å². The molecule has 1 saturated heterocycles. The number of rotatable bonds is 2. The maximum absolute atomic E-state index is 5.81. The van der Waals surface area contributed by atoms with Gasteiger partial charge in [-0.15, -0.1) is 0 Å². The van der Waals surface area contributed by atoms with Crippen molar-refractivity contribution in [1.82, 2.24) is 0 Å². The molecule has 1 aromatic rings. The monoisotopic (exact) mass is 220 g/mol. The van der Waals surface area contributed by atoms with Gasteiger partial charge in [-0.2, -0.15) is 0 Å². The first-order valence-corrected chi connectivity index (χ1v) is 5.81. The molecule has 16 heavy (non-hydrogen) atoms. The standard InChI is InChI=1S/C13H20N2O/c1-10-9-11(3-4-12(10)14)15-13(2)5-7-16-8-6-13/h3-4,9,15H,5-8,14H2,1-2H3. The molecule has 0 radical (unpaired) electrons. The molecule has 1 aliphatic rings. The largest absolute Gasteiger partial charge is 0.399 e. The molecule has 0 spiro atoms. The van der Waals surface area contributed by atoms with Gasteiger partial charge < -0.3 is 15.8 Å². The number of nitrogen functional groups attached to an aromatic ring is 1. The van der Waals surface area contributed by atoms with Crippen LogP contribution in [0.25, 0.3) is 0 Å². The molecule has 3 heteroatoms. The number of benzene rings is 1. The zero-order valence-corrected chi connectivity index (χ0v) is 10.0. The number of nitrogens with two attached hydrogens (primary N) is 1. The fourth-order valence-electron chi connectivity index (χ4n) is 2.05. The van der Waals surface area contributed by atoms with Crippen LogP contribution in [-0.2, 0) is 4.74 Å². The van der Waals surface area contributed by atoms with Crippen molar-refractivity contribution in [3.63, 3.8) is 0 Å². The fourth-order valence-corrected chi connectivity index (χ4v) is 2.05. The zero-order valence-electron chi connectivity index (χ0n) is 10.0. The van der Waals surface area contributed by atoms with Crippen molar-refractivity contribution >= 4 is 11.4 Å². The molecule has 0 unspecified atom stereocenters. The zero-order chi connectivity index (χ0) is 11.6. The highest BCUT2D eigenvalue weighted by atomic mass is 16.5. The van der Waals surface area contributed by atoms with Crippen LogP contribution in [0.5, 0.6) is 0 Å². The van der Waals surface area contributed by atoms with Crippen LogP contribution in [0.4, 0.5) is 11.4 Å². The number of hydrogen-bond donors (Lipinski definition) is 2. The Labute approximate surface area is 97.0 Å². The second kappa shape index (κ2) is 4.34. The molecule has 0 saturated carbocycles. The summed E-state index contributed by atoms with van der Waals surface area (Å²) >= 11 is 0. The summed E-state index contributed by atoms with van der Waals surface area (Å²) in [5.74, 6) is 0. The SMILES string of the molecule is Cc1cc(NC2(C)CCOCC2)ccc1N. The van der Waals surface area contributed by atoms with Gasteiger partial charge in [0.25, 0.3) is 0 Å². The Morgan fingerprint density at radius 2 is 2.00 bits per heavy atom. The Balaban J connectivity index is 2.10. The highest BCUT2D eigenvalue weighted by Crippen LogP contribution is 2.26. The lowest BCUT2D eigenvalue weighted by atomic mass is 9.92. The van der Waals surface area contributed by atoms with Gasteiger partial charge in [-0.3, -0.25) is 0 Å². The second-order valence-corrected chi connectivity index (χ2v) is 4.87. The number of hydrogen-bond acceptors (Lipinski definition) is 3. The van der Waals surface area contributed by atoms with Gasteiger partial charge in [0.05, 0.1) is 0 Å². The Morgan fingerprint density at radius 3 is 2.62 bits per heavy atom. The van der Waals surface area contributed by atoms with Crippen LogP contribution in [0, 0.1) is 6.92 Å². The van der Waals surface area contributed by atoms with E-state index in [4.69, 9.17) is 10.5 Å². The second-order valence-electron chi connectivity index (χ2n) is 4.87. The predicted molar refractivity (Wildman–Crippen MR) is 67.7 cm³/mol. The molecule has 3 N–H and O–H groups in total. The van der Waals surface area contributed by atoms with Crippen LogP contribution >= 0.6 is 0 Å². The third kappa shape index (κ3) is 2.47. The summed E-state index contributed by atoms with van der Waals surface area (Å²) in [6, 6.07) is 6.11. The highest BCUT2D eigenvalue weighted by Gasteiger charge is 2.26. The molecule has 0 amide bonds. The molecular formula is C13H20N2O. The van der Waals surface area contributed by atoms with E-state index in [1.54, 1.807) is 0 Å². The van der Waals surface area contributed by atoms with Crippen LogP contribution in [0.15, 0.2) is 18.2 Å². The van der Waals surface area contributed by atoms with Crippen molar-refractivity contribution in [2.75, 3.05) is 24.3 Å². The van der Waals surface area contributed by atoms with E-state index < -0.39 is 0 Å². The topological polar surface area (TPSA) is 47.3 Å². The molecule has 0 aromatic heterocycles. The highest BCUT2D eigenvalue weighted by molar-refractivity contribution is 5.57. The Kier molecular flexibility index (Phi) is 3.06. The first kappa shape index (κ1) is 11.3. The predicted octanol–water partition coefficient (Wildman–Crippen LogP) is 2.56. The Morgan fingerprint density at radius 1 is 1.31 bits per heavy atom. The molecule has 0 bridgehead atoms. The van der Waals surface area contributed by atoms with Crippen molar-refractivity contribution < 1.29 is 4.74 Å². The van der Waals surface area contributed by atoms with E-state index >= 15 is 0 Å². The van der Waals surface area contributed by atoms with Gasteiger partial charge in [-0.05, 0) is 50.5 Å². The lowest BCUT2D eigenvalue weighted by Gasteiger charge is -2.35. The summed E-state index contributed by atoms with van der Waals surface area (Å²) in [6.45, 7) is 5.98. The number of ether oxygens (including phenoxy) is 1. The van der Waals surface area contributed by atoms with Gasteiger partial charge in [0, 0.05) is 30.1 Å². The van der Waals surface area contributed by atoms with E-state index in [0.29, 0.717) is 0 Å². The maximum Gasteiger partial charge on any atom is 0.0488 e.